The largest absolute Gasteiger partial charge is 1.00 e. The van der Waals surface area contributed by atoms with Crippen molar-refractivity contribution in [3.63, 3.8) is 0 Å². The van der Waals surface area contributed by atoms with Crippen LogP contribution in [0, 0.1) is 13.8 Å². The summed E-state index contributed by atoms with van der Waals surface area (Å²) in [4.78, 5) is 77.5. The van der Waals surface area contributed by atoms with Gasteiger partial charge in [-0.15, -0.1) is 56.7 Å². The Bertz CT molecular complexity index is 2340. The molecular weight excluding hydrogens is 1030 g/mol. The average molecular weight is 1080 g/mol. The number of carbonyl (C=O) groups excluding carboxylic acids is 5. The van der Waals surface area contributed by atoms with Gasteiger partial charge in [-0.1, -0.05) is 28.5 Å². The topological polar surface area (TPSA) is 288 Å². The molecule has 5 heterocycles. The quantitative estimate of drug-likeness (QED) is 0.0251. The summed E-state index contributed by atoms with van der Waals surface area (Å²) in [6.07, 6.45) is -0.476. The number of nitrogens with zero attached hydrogens (tertiary/aromatic N) is 6. The number of alkyl halides is 1. The zero-order chi connectivity index (χ0) is 48.8. The van der Waals surface area contributed by atoms with Crippen molar-refractivity contribution < 1.29 is 87.1 Å². The number of nitrogens with one attached hydrogen (secondary N) is 1. The molecule has 66 heavy (non-hydrogen) atoms. The van der Waals surface area contributed by atoms with Crippen LogP contribution >= 0.6 is 72.6 Å². The summed E-state index contributed by atoms with van der Waals surface area (Å²) in [7, 11) is 5.43. The molecule has 0 fully saturated rings. The van der Waals surface area contributed by atoms with Crippen molar-refractivity contribution in [2.75, 3.05) is 28.4 Å². The van der Waals surface area contributed by atoms with E-state index in [0.717, 1.165) is 29.7 Å². The van der Waals surface area contributed by atoms with Crippen LogP contribution in [0.4, 0.5) is 4.79 Å². The number of hydrogen-bond acceptors (Lipinski definition) is 17. The molecule has 0 spiro atoms. The molecule has 2 N–H and O–H groups in total. The summed E-state index contributed by atoms with van der Waals surface area (Å²) < 4.78 is 23.3. The number of aromatic carboxylic acids is 1. The Kier molecular flexibility index (Phi) is 36.1. The van der Waals surface area contributed by atoms with Gasteiger partial charge in [-0.05, 0) is 101 Å². The van der Waals surface area contributed by atoms with Crippen LogP contribution in [0.1, 0.15) is 101 Å². The number of aryl methyl sites for hydroxylation is 2. The Balaban J connectivity index is -0.000000749. The molecule has 26 heteroatoms. The van der Waals surface area contributed by atoms with E-state index in [9.17, 15) is 28.8 Å². The number of azide groups is 1. The third-order valence-corrected chi connectivity index (χ3v) is 12.6. The van der Waals surface area contributed by atoms with E-state index in [1.54, 1.807) is 69.3 Å². The van der Waals surface area contributed by atoms with Crippen LogP contribution in [0.25, 0.3) is 26.4 Å². The first kappa shape index (κ1) is 65.5. The Labute approximate surface area is 432 Å². The van der Waals surface area contributed by atoms with Gasteiger partial charge in [0.1, 0.15) is 30.0 Å². The minimum absolute atomic E-state index is 0. The summed E-state index contributed by atoms with van der Waals surface area (Å²) in [6, 6.07) is 17.6. The van der Waals surface area contributed by atoms with Gasteiger partial charge in [0.2, 0.25) is 0 Å². The fourth-order valence-electron chi connectivity index (χ4n) is 3.79. The van der Waals surface area contributed by atoms with Crippen molar-refractivity contribution in [2.45, 2.75) is 66.1 Å². The standard InChI is InChI=1S/C12H17NO4S.C7H7BrO2S.C7H7N3O2S.C7H8O2S.C6H6O2S.CH4.N3.Na/c1-12(2,3)17-11(15)13-7-8-5-6-9(18-8)10(14)16-4;1-10-7(9)6-3-2-5(4-8)11-6;1-12-7(11)6-3-2-5(13-6)4-9-10-8;1-5-3-4-6(10-5)7(8)9-2;1-4-2-3-5(9-4)6(7)8;;1-3-2;/h5-6H,7H2,1-4H3,(H,13,15);2-3H,4H2,1H3;2-3H,4H2,1H3;3-4H,1-2H3;2-3H,1H3,(H,7,8);1H4;;/q;;;;;;-1;+1. The van der Waals surface area contributed by atoms with Gasteiger partial charge in [-0.2, -0.15) is 0 Å². The molecule has 0 bridgehead atoms. The number of methoxy groups -OCH3 is 4. The van der Waals surface area contributed by atoms with E-state index in [2.05, 4.69) is 50.2 Å². The first-order valence-electron chi connectivity index (χ1n) is 17.7. The van der Waals surface area contributed by atoms with E-state index in [0.29, 0.717) is 30.9 Å². The molecule has 0 aromatic carbocycles. The monoisotopic (exact) mass is 1080 g/mol. The van der Waals surface area contributed by atoms with E-state index < -0.39 is 17.7 Å². The number of rotatable bonds is 10. The number of carboxylic acids is 1. The van der Waals surface area contributed by atoms with Crippen molar-refractivity contribution in [1.82, 2.24) is 5.32 Å². The first-order valence-corrected chi connectivity index (χ1v) is 22.9. The number of carboxylic acid groups (broad SMARTS) is 1. The fourth-order valence-corrected chi connectivity index (χ4v) is 8.29. The summed E-state index contributed by atoms with van der Waals surface area (Å²) in [5.41, 5.74) is 21.0. The number of alkyl carbamates (subject to hydrolysis) is 1. The Morgan fingerprint density at radius 3 is 1.30 bits per heavy atom. The molecule has 0 aliphatic rings. The van der Waals surface area contributed by atoms with Crippen molar-refractivity contribution >= 4 is 109 Å². The van der Waals surface area contributed by atoms with Crippen LogP contribution in [0.15, 0.2) is 65.8 Å². The SMILES string of the molecule is C.COC(=O)c1ccc(C)s1.COC(=O)c1ccc(CBr)s1.COC(=O)c1ccc(CN=[N+]=[N-])s1.COC(=O)c1ccc(CNC(=O)OC(C)(C)C)s1.Cc1ccc(C(=O)O)s1.[N-]=[N+]=[N-].[Na+]. The van der Waals surface area contributed by atoms with E-state index in [4.69, 9.17) is 26.4 Å². The number of ether oxygens (including phenoxy) is 5. The maximum atomic E-state index is 11.4. The minimum Gasteiger partial charge on any atom is -0.477 e. The molecule has 354 valence electrons. The third kappa shape index (κ3) is 28.3. The van der Waals surface area contributed by atoms with Gasteiger partial charge in [0.15, 0.2) is 0 Å². The normalized spacial score (nSPS) is 9.18. The second-order valence-corrected chi connectivity index (χ2v) is 19.0. The van der Waals surface area contributed by atoms with Crippen LogP contribution in [0.5, 0.6) is 0 Å². The number of amides is 1. The third-order valence-electron chi connectivity index (χ3n) is 6.45. The van der Waals surface area contributed by atoms with Crippen molar-refractivity contribution in [2.24, 2.45) is 5.11 Å². The number of esters is 4. The van der Waals surface area contributed by atoms with Crippen molar-refractivity contribution in [3.8, 4) is 0 Å². The summed E-state index contributed by atoms with van der Waals surface area (Å²) in [6.45, 7) is 9.84. The molecule has 5 rings (SSSR count). The smallest absolute Gasteiger partial charge is 0.477 e. The Morgan fingerprint density at radius 2 is 0.985 bits per heavy atom. The van der Waals surface area contributed by atoms with Gasteiger partial charge in [-0.25, -0.2) is 28.8 Å². The molecule has 0 radical (unpaired) electrons. The van der Waals surface area contributed by atoms with Crippen LogP contribution < -0.4 is 34.9 Å². The molecule has 19 nitrogen and oxygen atoms in total. The number of thiophene rings is 5. The zero-order valence-electron chi connectivity index (χ0n) is 36.9. The van der Waals surface area contributed by atoms with Crippen LogP contribution in [0.2, 0.25) is 0 Å². The molecule has 0 aliphatic carbocycles. The van der Waals surface area contributed by atoms with Gasteiger partial charge >= 0.3 is 65.5 Å². The maximum Gasteiger partial charge on any atom is 1.00 e. The van der Waals surface area contributed by atoms with Gasteiger partial charge in [0.25, 0.3) is 0 Å². The number of hydrogen-bond donors (Lipinski definition) is 2. The average Bonchev–Trinajstić information content (AvgIpc) is 4.13. The molecule has 1 amide bonds. The Morgan fingerprint density at radius 1 is 0.636 bits per heavy atom. The van der Waals surface area contributed by atoms with E-state index in [1.807, 2.05) is 26.0 Å². The van der Waals surface area contributed by atoms with Crippen LogP contribution in [-0.2, 0) is 42.1 Å². The van der Waals surface area contributed by atoms with Crippen LogP contribution in [0.3, 0.4) is 0 Å². The van der Waals surface area contributed by atoms with Gasteiger partial charge in [0.05, 0.1) is 41.5 Å². The predicted molar refractivity (Wildman–Crippen MR) is 259 cm³/mol. The first-order chi connectivity index (χ1) is 30.2. The van der Waals surface area contributed by atoms with Crippen molar-refractivity contribution in [1.29, 1.82) is 0 Å². The van der Waals surface area contributed by atoms with E-state index in [1.165, 1.54) is 90.0 Å². The van der Waals surface area contributed by atoms with E-state index >= 15 is 0 Å². The fraction of sp³-hybridized carbons (Fsp3) is 0.350. The molecule has 0 saturated carbocycles. The minimum atomic E-state index is -0.840. The zero-order valence-corrected chi connectivity index (χ0v) is 44.6. The number of halogens is 1. The molecule has 5 aromatic rings. The maximum absolute atomic E-state index is 11.4. The number of carbonyl (C=O) groups is 6. The van der Waals surface area contributed by atoms with Gasteiger partial charge < -0.3 is 45.2 Å². The molecule has 0 atom stereocenters. The molecule has 0 saturated heterocycles. The van der Waals surface area contributed by atoms with Crippen LogP contribution in [-0.4, -0.2) is 75.1 Å². The van der Waals surface area contributed by atoms with E-state index in [-0.39, 0.29) is 67.4 Å². The van der Waals surface area contributed by atoms with Crippen molar-refractivity contribution in [3.05, 3.63) is 136 Å². The second-order valence-electron chi connectivity index (χ2n) is 12.4. The summed E-state index contributed by atoms with van der Waals surface area (Å²) >= 11 is 10.0. The summed E-state index contributed by atoms with van der Waals surface area (Å²) in [5.74, 6) is -2.09. The molecule has 5 aromatic heterocycles. The van der Waals surface area contributed by atoms with Gasteiger partial charge in [0, 0.05) is 34.6 Å². The predicted octanol–water partition coefficient (Wildman–Crippen LogP) is 9.44. The van der Waals surface area contributed by atoms with Gasteiger partial charge in [-0.3, -0.25) is 4.91 Å². The Hall–Kier alpha value is -4.78. The summed E-state index contributed by atoms with van der Waals surface area (Å²) in [5, 5.41) is 15.2. The molecular formula is C40H49BrN7NaO12S5. The molecule has 0 aliphatic heterocycles. The molecule has 0 unspecified atom stereocenters. The second kappa shape index (κ2) is 36.4.